The van der Waals surface area contributed by atoms with Gasteiger partial charge >= 0.3 is 6.03 Å². The fourth-order valence-corrected chi connectivity index (χ4v) is 3.02. The van der Waals surface area contributed by atoms with Crippen LogP contribution < -0.4 is 16.0 Å². The van der Waals surface area contributed by atoms with Gasteiger partial charge in [-0.15, -0.1) is 0 Å². The Kier molecular flexibility index (Phi) is 4.20. The molecule has 0 bridgehead atoms. The lowest BCUT2D eigenvalue weighted by Gasteiger charge is -2.20. The van der Waals surface area contributed by atoms with Gasteiger partial charge in [-0.25, -0.2) is 4.79 Å². The van der Waals surface area contributed by atoms with Crippen LogP contribution in [0.2, 0.25) is 0 Å². The van der Waals surface area contributed by atoms with Gasteiger partial charge in [-0.1, -0.05) is 6.07 Å². The number of benzene rings is 1. The van der Waals surface area contributed by atoms with Gasteiger partial charge in [-0.05, 0) is 43.9 Å². The molecule has 0 radical (unpaired) electrons. The van der Waals surface area contributed by atoms with Crippen LogP contribution in [0.15, 0.2) is 24.3 Å². The normalized spacial score (nSPS) is 22.6. The Morgan fingerprint density at radius 2 is 2.04 bits per heavy atom. The van der Waals surface area contributed by atoms with Crippen molar-refractivity contribution in [1.29, 1.82) is 0 Å². The van der Waals surface area contributed by atoms with Crippen molar-refractivity contribution in [2.24, 2.45) is 5.92 Å². The number of nitrogens with one attached hydrogen (secondary N) is 3. The maximum atomic E-state index is 12.5. The van der Waals surface area contributed by atoms with E-state index < -0.39 is 17.5 Å². The zero-order valence-electron chi connectivity index (χ0n) is 14.1. The van der Waals surface area contributed by atoms with E-state index in [1.54, 1.807) is 25.1 Å². The Morgan fingerprint density at radius 3 is 2.68 bits per heavy atom. The van der Waals surface area contributed by atoms with Crippen molar-refractivity contribution in [2.75, 3.05) is 18.9 Å². The predicted octanol–water partition coefficient (Wildman–Crippen LogP) is 0.705. The summed E-state index contributed by atoms with van der Waals surface area (Å²) >= 11 is 0. The van der Waals surface area contributed by atoms with Crippen molar-refractivity contribution in [1.82, 2.24) is 15.5 Å². The molecule has 2 aliphatic rings. The first kappa shape index (κ1) is 16.9. The lowest BCUT2D eigenvalue weighted by Crippen LogP contribution is -2.46. The third-order valence-corrected chi connectivity index (χ3v) is 4.63. The number of hydrogen-bond donors (Lipinski definition) is 3. The number of carbonyl (C=O) groups is 4. The molecular weight excluding hydrogens is 324 g/mol. The molecule has 1 heterocycles. The van der Waals surface area contributed by atoms with E-state index in [1.807, 2.05) is 0 Å². The molecule has 0 unspecified atom stereocenters. The summed E-state index contributed by atoms with van der Waals surface area (Å²) in [5.41, 5.74) is -0.0871. The summed E-state index contributed by atoms with van der Waals surface area (Å²) in [4.78, 5) is 49.4. The maximum absolute atomic E-state index is 12.5. The van der Waals surface area contributed by atoms with Crippen LogP contribution in [-0.4, -0.2) is 47.8 Å². The van der Waals surface area contributed by atoms with Crippen LogP contribution in [0.1, 0.15) is 30.1 Å². The molecule has 132 valence electrons. The van der Waals surface area contributed by atoms with Crippen molar-refractivity contribution < 1.29 is 19.2 Å². The third kappa shape index (κ3) is 3.19. The monoisotopic (exact) mass is 344 g/mol. The average Bonchev–Trinajstić information content (AvgIpc) is 3.40. The molecule has 1 atom stereocenters. The van der Waals surface area contributed by atoms with Gasteiger partial charge in [0.25, 0.3) is 11.8 Å². The summed E-state index contributed by atoms with van der Waals surface area (Å²) in [7, 11) is 1.52. The minimum Gasteiger partial charge on any atom is -0.355 e. The minimum atomic E-state index is -0.906. The summed E-state index contributed by atoms with van der Waals surface area (Å²) in [6, 6.07) is 5.86. The number of anilines is 1. The summed E-state index contributed by atoms with van der Waals surface area (Å²) in [5, 5.41) is 7.81. The Hall–Kier alpha value is -2.90. The molecule has 2 fully saturated rings. The molecule has 1 aromatic rings. The first-order chi connectivity index (χ1) is 11.8. The quantitative estimate of drug-likeness (QED) is 0.684. The predicted molar refractivity (Wildman–Crippen MR) is 89.8 cm³/mol. The molecule has 1 saturated carbocycles. The van der Waals surface area contributed by atoms with Crippen molar-refractivity contribution >= 4 is 29.4 Å². The van der Waals surface area contributed by atoms with Crippen LogP contribution >= 0.6 is 0 Å². The zero-order valence-corrected chi connectivity index (χ0v) is 14.1. The van der Waals surface area contributed by atoms with E-state index in [4.69, 9.17) is 0 Å². The summed E-state index contributed by atoms with van der Waals surface area (Å²) in [5.74, 6) is -1.00. The van der Waals surface area contributed by atoms with Gasteiger partial charge in [0.15, 0.2) is 0 Å². The van der Waals surface area contributed by atoms with Crippen molar-refractivity contribution in [2.45, 2.75) is 25.3 Å². The van der Waals surface area contributed by atoms with Crippen LogP contribution in [0.5, 0.6) is 0 Å². The highest BCUT2D eigenvalue weighted by Crippen LogP contribution is 2.42. The van der Waals surface area contributed by atoms with Gasteiger partial charge in [0.1, 0.15) is 12.1 Å². The van der Waals surface area contributed by atoms with Crippen LogP contribution in [-0.2, 0) is 9.59 Å². The van der Waals surface area contributed by atoms with Gasteiger partial charge < -0.3 is 16.0 Å². The fraction of sp³-hybridized carbons (Fsp3) is 0.412. The molecule has 3 rings (SSSR count). The highest BCUT2D eigenvalue weighted by atomic mass is 16.2. The average molecular weight is 344 g/mol. The van der Waals surface area contributed by atoms with Crippen LogP contribution in [0, 0.1) is 5.92 Å². The molecule has 1 aliphatic carbocycles. The number of amides is 5. The van der Waals surface area contributed by atoms with Gasteiger partial charge in [0, 0.05) is 18.3 Å². The summed E-state index contributed by atoms with van der Waals surface area (Å²) in [6.45, 7) is 1.34. The van der Waals surface area contributed by atoms with E-state index in [2.05, 4.69) is 16.0 Å². The number of hydrogen-bond acceptors (Lipinski definition) is 4. The minimum absolute atomic E-state index is 0.140. The Bertz CT molecular complexity index is 759. The largest absolute Gasteiger partial charge is 0.355 e. The number of nitrogens with zero attached hydrogens (tertiary/aromatic N) is 1. The van der Waals surface area contributed by atoms with Crippen LogP contribution in [0.25, 0.3) is 0 Å². The molecule has 25 heavy (non-hydrogen) atoms. The second kappa shape index (κ2) is 6.19. The highest BCUT2D eigenvalue weighted by molar-refractivity contribution is 6.10. The Morgan fingerprint density at radius 1 is 1.32 bits per heavy atom. The smallest absolute Gasteiger partial charge is 0.325 e. The van der Waals surface area contributed by atoms with E-state index in [0.717, 1.165) is 17.7 Å². The van der Waals surface area contributed by atoms with E-state index in [0.29, 0.717) is 11.3 Å². The van der Waals surface area contributed by atoms with Crippen LogP contribution in [0.3, 0.4) is 0 Å². The summed E-state index contributed by atoms with van der Waals surface area (Å²) in [6.07, 6.45) is 1.80. The van der Waals surface area contributed by atoms with Gasteiger partial charge in [-0.2, -0.15) is 0 Å². The standard InChI is InChI=1S/C17H20N4O4/c1-17(11-6-7-11)15(24)21(16(25)20-17)9-13(22)19-12-5-3-4-10(8-12)14(23)18-2/h3-5,8,11H,6-7,9H2,1-2H3,(H,18,23)(H,19,22)(H,20,25)/t17-/m0/s1. The van der Waals surface area contributed by atoms with E-state index >= 15 is 0 Å². The van der Waals surface area contributed by atoms with E-state index in [1.165, 1.54) is 13.1 Å². The first-order valence-electron chi connectivity index (χ1n) is 8.11. The van der Waals surface area contributed by atoms with E-state index in [-0.39, 0.29) is 24.3 Å². The maximum Gasteiger partial charge on any atom is 0.325 e. The van der Waals surface area contributed by atoms with E-state index in [9.17, 15) is 19.2 Å². The lowest BCUT2D eigenvalue weighted by atomic mass is 9.96. The molecule has 1 aromatic carbocycles. The summed E-state index contributed by atoms with van der Waals surface area (Å²) < 4.78 is 0. The van der Waals surface area contributed by atoms with Gasteiger partial charge in [0.2, 0.25) is 5.91 Å². The molecule has 0 aromatic heterocycles. The molecular formula is C17H20N4O4. The zero-order chi connectivity index (χ0) is 18.2. The molecule has 8 nitrogen and oxygen atoms in total. The van der Waals surface area contributed by atoms with Gasteiger partial charge in [-0.3, -0.25) is 19.3 Å². The molecule has 5 amide bonds. The van der Waals surface area contributed by atoms with Crippen molar-refractivity contribution in [3.05, 3.63) is 29.8 Å². The molecule has 1 saturated heterocycles. The highest BCUT2D eigenvalue weighted by Gasteiger charge is 2.56. The fourth-order valence-electron chi connectivity index (χ4n) is 3.02. The third-order valence-electron chi connectivity index (χ3n) is 4.63. The molecule has 1 aliphatic heterocycles. The number of rotatable bonds is 5. The lowest BCUT2D eigenvalue weighted by molar-refractivity contribution is -0.134. The Labute approximate surface area is 144 Å². The number of urea groups is 1. The Balaban J connectivity index is 1.66. The number of imide groups is 1. The van der Waals surface area contributed by atoms with Crippen LogP contribution in [0.4, 0.5) is 10.5 Å². The second-order valence-corrected chi connectivity index (χ2v) is 6.51. The molecule has 8 heteroatoms. The van der Waals surface area contributed by atoms with Gasteiger partial charge in [0.05, 0.1) is 0 Å². The topological polar surface area (TPSA) is 108 Å². The number of carbonyl (C=O) groups excluding carboxylic acids is 4. The molecule has 0 spiro atoms. The SMILES string of the molecule is CNC(=O)c1cccc(NC(=O)CN2C(=O)N[C@@](C)(C3CC3)C2=O)c1. The van der Waals surface area contributed by atoms with Crippen molar-refractivity contribution in [3.63, 3.8) is 0 Å². The first-order valence-corrected chi connectivity index (χ1v) is 8.11. The van der Waals surface area contributed by atoms with Crippen molar-refractivity contribution in [3.8, 4) is 0 Å². The molecule has 3 N–H and O–H groups in total. The second-order valence-electron chi connectivity index (χ2n) is 6.51.